The molecule has 1 aliphatic carbocycles. The van der Waals surface area contributed by atoms with E-state index in [-0.39, 0.29) is 18.2 Å². The standard InChI is InChI=1S/C19H27N3O4S/c23-18(22-12-10-21(11-13-22)17-8-9-17)15-20-19(24)27(25,26)14-4-7-16-5-2-1-3-6-16/h1-3,5-6,17H,4,7-15H2,(H,20,24). The normalized spacial score (nSPS) is 18.3. The summed E-state index contributed by atoms with van der Waals surface area (Å²) in [6.45, 7) is 2.70. The molecule has 1 aliphatic heterocycles. The Labute approximate surface area is 160 Å². The molecule has 1 aromatic rings. The van der Waals surface area contributed by atoms with Crippen molar-refractivity contribution in [3.05, 3.63) is 35.9 Å². The van der Waals surface area contributed by atoms with Gasteiger partial charge in [-0.1, -0.05) is 30.3 Å². The number of sulfone groups is 1. The SMILES string of the molecule is O=C(CNC(=O)S(=O)(=O)CCCc1ccccc1)N1CCN(C2CC2)CC1. The van der Waals surface area contributed by atoms with Crippen LogP contribution in [0.3, 0.4) is 0 Å². The van der Waals surface area contributed by atoms with E-state index in [1.165, 1.54) is 12.8 Å². The Balaban J connectivity index is 1.37. The summed E-state index contributed by atoms with van der Waals surface area (Å²) in [7, 11) is -3.90. The number of piperazine rings is 1. The lowest BCUT2D eigenvalue weighted by Gasteiger charge is -2.34. The maximum absolute atomic E-state index is 12.2. The number of rotatable bonds is 7. The van der Waals surface area contributed by atoms with Crippen molar-refractivity contribution < 1.29 is 18.0 Å². The van der Waals surface area contributed by atoms with Gasteiger partial charge >= 0.3 is 5.24 Å². The lowest BCUT2D eigenvalue weighted by atomic mass is 10.1. The van der Waals surface area contributed by atoms with Crippen molar-refractivity contribution in [1.29, 1.82) is 0 Å². The number of nitrogens with zero attached hydrogens (tertiary/aromatic N) is 2. The quantitative estimate of drug-likeness (QED) is 0.748. The van der Waals surface area contributed by atoms with Crippen molar-refractivity contribution in [3.8, 4) is 0 Å². The molecule has 8 heteroatoms. The van der Waals surface area contributed by atoms with E-state index in [1.807, 2.05) is 30.3 Å². The number of benzene rings is 1. The van der Waals surface area contributed by atoms with Crippen molar-refractivity contribution >= 4 is 21.0 Å². The maximum Gasteiger partial charge on any atom is 0.336 e. The van der Waals surface area contributed by atoms with E-state index >= 15 is 0 Å². The monoisotopic (exact) mass is 393 g/mol. The van der Waals surface area contributed by atoms with Crippen LogP contribution < -0.4 is 5.32 Å². The van der Waals surface area contributed by atoms with Gasteiger partial charge in [-0.25, -0.2) is 8.42 Å². The number of nitrogens with one attached hydrogen (secondary N) is 1. The third-order valence-electron chi connectivity index (χ3n) is 5.12. The van der Waals surface area contributed by atoms with E-state index in [1.54, 1.807) is 4.90 Å². The molecule has 0 spiro atoms. The molecule has 0 aromatic heterocycles. The third kappa shape index (κ3) is 5.77. The first kappa shape index (κ1) is 19.8. The zero-order valence-electron chi connectivity index (χ0n) is 15.5. The molecular formula is C19H27N3O4S. The fourth-order valence-electron chi connectivity index (χ4n) is 3.35. The van der Waals surface area contributed by atoms with Gasteiger partial charge in [0.15, 0.2) is 0 Å². The highest BCUT2D eigenvalue weighted by Gasteiger charge is 2.32. The summed E-state index contributed by atoms with van der Waals surface area (Å²) in [6, 6.07) is 10.2. The minimum Gasteiger partial charge on any atom is -0.339 e. The van der Waals surface area contributed by atoms with Crippen LogP contribution in [0, 0.1) is 0 Å². The van der Waals surface area contributed by atoms with E-state index < -0.39 is 15.1 Å². The Morgan fingerprint density at radius 2 is 1.70 bits per heavy atom. The number of carbonyl (C=O) groups is 2. The summed E-state index contributed by atoms with van der Waals surface area (Å²) in [5.74, 6) is -0.444. The molecule has 27 heavy (non-hydrogen) atoms. The maximum atomic E-state index is 12.2. The van der Waals surface area contributed by atoms with Crippen LogP contribution >= 0.6 is 0 Å². The average molecular weight is 394 g/mol. The van der Waals surface area contributed by atoms with Gasteiger partial charge in [0.2, 0.25) is 15.7 Å². The van der Waals surface area contributed by atoms with Crippen LogP contribution in [0.4, 0.5) is 4.79 Å². The van der Waals surface area contributed by atoms with Crippen LogP contribution in [0.5, 0.6) is 0 Å². The van der Waals surface area contributed by atoms with Crippen molar-refractivity contribution in [1.82, 2.24) is 15.1 Å². The molecule has 2 aliphatic rings. The highest BCUT2D eigenvalue weighted by molar-refractivity contribution is 8.06. The minimum absolute atomic E-state index is 0.220. The van der Waals surface area contributed by atoms with E-state index in [2.05, 4.69) is 10.2 Å². The Morgan fingerprint density at radius 1 is 1.04 bits per heavy atom. The highest BCUT2D eigenvalue weighted by atomic mass is 32.2. The predicted octanol–water partition coefficient (Wildman–Crippen LogP) is 1.05. The second-order valence-electron chi connectivity index (χ2n) is 7.20. The van der Waals surface area contributed by atoms with Crippen LogP contribution in [0.25, 0.3) is 0 Å². The zero-order chi connectivity index (χ0) is 19.3. The largest absolute Gasteiger partial charge is 0.339 e. The lowest BCUT2D eigenvalue weighted by molar-refractivity contribution is -0.131. The van der Waals surface area contributed by atoms with E-state index in [9.17, 15) is 18.0 Å². The Kier molecular flexibility index (Phi) is 6.49. The van der Waals surface area contributed by atoms with Gasteiger partial charge in [0.1, 0.15) is 0 Å². The summed E-state index contributed by atoms with van der Waals surface area (Å²) in [6.07, 6.45) is 3.45. The average Bonchev–Trinajstić information content (AvgIpc) is 3.52. The molecule has 2 fully saturated rings. The summed E-state index contributed by atoms with van der Waals surface area (Å²) in [5, 5.41) is 1.23. The van der Waals surface area contributed by atoms with Gasteiger partial charge in [0, 0.05) is 32.2 Å². The molecule has 148 valence electrons. The van der Waals surface area contributed by atoms with E-state index in [4.69, 9.17) is 0 Å². The Hall–Kier alpha value is -1.93. The number of hydrogen-bond acceptors (Lipinski definition) is 5. The molecule has 1 N–H and O–H groups in total. The molecule has 1 saturated carbocycles. The van der Waals surface area contributed by atoms with Gasteiger partial charge in [-0.05, 0) is 31.2 Å². The number of aryl methyl sites for hydroxylation is 1. The van der Waals surface area contributed by atoms with Gasteiger partial charge in [0.25, 0.3) is 0 Å². The van der Waals surface area contributed by atoms with Crippen LogP contribution in [-0.4, -0.2) is 73.9 Å². The molecule has 1 saturated heterocycles. The number of hydrogen-bond donors (Lipinski definition) is 1. The van der Waals surface area contributed by atoms with Crippen LogP contribution in [-0.2, 0) is 21.1 Å². The van der Waals surface area contributed by atoms with Gasteiger partial charge < -0.3 is 10.2 Å². The summed E-state index contributed by atoms with van der Waals surface area (Å²) in [5.41, 5.74) is 1.04. The third-order valence-corrected chi connectivity index (χ3v) is 6.65. The first-order valence-electron chi connectivity index (χ1n) is 9.52. The topological polar surface area (TPSA) is 86.8 Å². The fraction of sp³-hybridized carbons (Fsp3) is 0.579. The fourth-order valence-corrected chi connectivity index (χ4v) is 4.35. The molecule has 0 unspecified atom stereocenters. The molecular weight excluding hydrogens is 366 g/mol. The lowest BCUT2D eigenvalue weighted by Crippen LogP contribution is -2.52. The van der Waals surface area contributed by atoms with Crippen molar-refractivity contribution in [2.24, 2.45) is 0 Å². The van der Waals surface area contributed by atoms with E-state index in [0.717, 1.165) is 18.7 Å². The Bertz CT molecular complexity index is 754. The van der Waals surface area contributed by atoms with Gasteiger partial charge in [-0.2, -0.15) is 0 Å². The molecule has 1 aromatic carbocycles. The summed E-state index contributed by atoms with van der Waals surface area (Å²) >= 11 is 0. The summed E-state index contributed by atoms with van der Waals surface area (Å²) < 4.78 is 24.2. The number of carbonyl (C=O) groups excluding carboxylic acids is 2. The van der Waals surface area contributed by atoms with Gasteiger partial charge in [0.05, 0.1) is 12.3 Å². The van der Waals surface area contributed by atoms with Crippen molar-refractivity contribution in [3.63, 3.8) is 0 Å². The highest BCUT2D eigenvalue weighted by Crippen LogP contribution is 2.27. The Morgan fingerprint density at radius 3 is 2.33 bits per heavy atom. The molecule has 3 rings (SSSR count). The van der Waals surface area contributed by atoms with Crippen LogP contribution in [0.1, 0.15) is 24.8 Å². The smallest absolute Gasteiger partial charge is 0.336 e. The number of amides is 2. The molecule has 0 radical (unpaired) electrons. The van der Waals surface area contributed by atoms with Crippen molar-refractivity contribution in [2.45, 2.75) is 31.7 Å². The first-order chi connectivity index (χ1) is 13.0. The molecule has 0 atom stereocenters. The minimum atomic E-state index is -3.90. The van der Waals surface area contributed by atoms with E-state index in [0.29, 0.717) is 32.0 Å². The molecule has 7 nitrogen and oxygen atoms in total. The second-order valence-corrected chi connectivity index (χ2v) is 9.21. The second kappa shape index (κ2) is 8.84. The zero-order valence-corrected chi connectivity index (χ0v) is 16.3. The molecule has 1 heterocycles. The predicted molar refractivity (Wildman–Crippen MR) is 103 cm³/mol. The van der Waals surface area contributed by atoms with Gasteiger partial charge in [-0.3, -0.25) is 14.5 Å². The molecule has 2 amide bonds. The van der Waals surface area contributed by atoms with Crippen molar-refractivity contribution in [2.75, 3.05) is 38.5 Å². The van der Waals surface area contributed by atoms with Crippen LogP contribution in [0.15, 0.2) is 30.3 Å². The van der Waals surface area contributed by atoms with Gasteiger partial charge in [-0.15, -0.1) is 0 Å². The molecule has 0 bridgehead atoms. The first-order valence-corrected chi connectivity index (χ1v) is 11.2. The van der Waals surface area contributed by atoms with Crippen LogP contribution in [0.2, 0.25) is 0 Å². The summed E-state index contributed by atoms with van der Waals surface area (Å²) in [4.78, 5) is 28.3.